The van der Waals surface area contributed by atoms with E-state index in [9.17, 15) is 20.1 Å². The largest absolute Gasteiger partial charge is 0.390 e. The van der Waals surface area contributed by atoms with Crippen molar-refractivity contribution in [3.8, 4) is 0 Å². The number of nitrogens with one attached hydrogen (secondary N) is 1. The summed E-state index contributed by atoms with van der Waals surface area (Å²) in [5, 5.41) is 32.5. The third-order valence-electron chi connectivity index (χ3n) is 3.73. The summed E-state index contributed by atoms with van der Waals surface area (Å²) >= 11 is 0. The molecule has 2 rings (SSSR count). The highest BCUT2D eigenvalue weighted by Gasteiger charge is 2.46. The first-order valence-electron chi connectivity index (χ1n) is 7.69. The number of hydrogen-bond donors (Lipinski definition) is 4. The molecule has 128 valence electrons. The Morgan fingerprint density at radius 3 is 2.65 bits per heavy atom. The Morgan fingerprint density at radius 1 is 1.30 bits per heavy atom. The lowest BCUT2D eigenvalue weighted by atomic mass is 10.0. The van der Waals surface area contributed by atoms with Crippen LogP contribution in [0.15, 0.2) is 30.3 Å². The van der Waals surface area contributed by atoms with E-state index in [4.69, 9.17) is 9.47 Å². The predicted octanol–water partition coefficient (Wildman–Crippen LogP) is -0.349. The fourth-order valence-corrected chi connectivity index (χ4v) is 2.48. The normalized spacial score (nSPS) is 28.5. The summed E-state index contributed by atoms with van der Waals surface area (Å²) in [7, 11) is 0. The van der Waals surface area contributed by atoms with Crippen LogP contribution in [-0.2, 0) is 9.47 Å². The molecule has 7 nitrogen and oxygen atoms in total. The van der Waals surface area contributed by atoms with Crippen molar-refractivity contribution in [2.45, 2.75) is 44.1 Å². The molecule has 0 radical (unpaired) electrons. The molecule has 1 aromatic carbocycles. The van der Waals surface area contributed by atoms with Crippen molar-refractivity contribution in [2.24, 2.45) is 0 Å². The highest BCUT2D eigenvalue weighted by molar-refractivity contribution is 5.94. The van der Waals surface area contributed by atoms with Crippen LogP contribution in [0.5, 0.6) is 0 Å². The lowest BCUT2D eigenvalue weighted by Gasteiger charge is -2.21. The second-order valence-corrected chi connectivity index (χ2v) is 5.38. The maximum absolute atomic E-state index is 11.9. The van der Waals surface area contributed by atoms with Crippen molar-refractivity contribution in [3.63, 3.8) is 0 Å². The molecule has 1 saturated heterocycles. The minimum Gasteiger partial charge on any atom is -0.390 e. The maximum Gasteiger partial charge on any atom is 0.251 e. The maximum atomic E-state index is 11.9. The van der Waals surface area contributed by atoms with Crippen LogP contribution >= 0.6 is 0 Å². The zero-order chi connectivity index (χ0) is 16.8. The number of rotatable bonds is 7. The van der Waals surface area contributed by atoms with Gasteiger partial charge in [0.25, 0.3) is 5.91 Å². The van der Waals surface area contributed by atoms with Gasteiger partial charge < -0.3 is 30.1 Å². The first kappa shape index (κ1) is 17.8. The van der Waals surface area contributed by atoms with Crippen molar-refractivity contribution in [1.82, 2.24) is 5.32 Å². The number of ether oxygens (including phenoxy) is 2. The molecule has 4 N–H and O–H groups in total. The molecule has 1 amide bonds. The molecular formula is C16H23NO6. The standard InChI is InChI=1S/C16H23NO6/c1-2-22-16-13(20)12(19)14(23-16)11(18)8-9-17-15(21)10-6-4-3-5-7-10/h3-7,11-14,16,18-20H,2,8-9H2,1H3,(H,17,21)/t11-,12-,13-,14+,16?/m1/s1. The molecule has 1 aliphatic rings. The molecule has 5 atom stereocenters. The predicted molar refractivity (Wildman–Crippen MR) is 81.7 cm³/mol. The second kappa shape index (κ2) is 8.37. The van der Waals surface area contributed by atoms with Gasteiger partial charge in [0.05, 0.1) is 6.10 Å². The van der Waals surface area contributed by atoms with Crippen molar-refractivity contribution < 1.29 is 29.6 Å². The molecule has 1 unspecified atom stereocenters. The molecule has 23 heavy (non-hydrogen) atoms. The number of hydrogen-bond acceptors (Lipinski definition) is 6. The van der Waals surface area contributed by atoms with Gasteiger partial charge >= 0.3 is 0 Å². The van der Waals surface area contributed by atoms with E-state index >= 15 is 0 Å². The lowest BCUT2D eigenvalue weighted by molar-refractivity contribution is -0.175. The molecule has 1 aliphatic heterocycles. The monoisotopic (exact) mass is 325 g/mol. The van der Waals surface area contributed by atoms with Gasteiger partial charge in [-0.25, -0.2) is 0 Å². The Morgan fingerprint density at radius 2 is 2.00 bits per heavy atom. The number of carbonyl (C=O) groups is 1. The van der Waals surface area contributed by atoms with E-state index in [0.717, 1.165) is 0 Å². The number of amides is 1. The molecular weight excluding hydrogens is 302 g/mol. The van der Waals surface area contributed by atoms with Crippen LogP contribution in [0, 0.1) is 0 Å². The molecule has 1 heterocycles. The molecule has 0 aliphatic carbocycles. The van der Waals surface area contributed by atoms with Crippen LogP contribution in [0.4, 0.5) is 0 Å². The second-order valence-electron chi connectivity index (χ2n) is 5.38. The smallest absolute Gasteiger partial charge is 0.251 e. The van der Waals surface area contributed by atoms with Gasteiger partial charge in [-0.15, -0.1) is 0 Å². The lowest BCUT2D eigenvalue weighted by Crippen LogP contribution is -2.40. The molecule has 7 heteroatoms. The fourth-order valence-electron chi connectivity index (χ4n) is 2.48. The Balaban J connectivity index is 1.79. The van der Waals surface area contributed by atoms with E-state index in [1.807, 2.05) is 6.07 Å². The summed E-state index contributed by atoms with van der Waals surface area (Å²) in [6, 6.07) is 8.74. The van der Waals surface area contributed by atoms with Crippen molar-refractivity contribution in [1.29, 1.82) is 0 Å². The zero-order valence-corrected chi connectivity index (χ0v) is 13.0. The van der Waals surface area contributed by atoms with Crippen LogP contribution in [0.25, 0.3) is 0 Å². The van der Waals surface area contributed by atoms with E-state index in [0.29, 0.717) is 12.2 Å². The van der Waals surface area contributed by atoms with Gasteiger partial charge in [0.2, 0.25) is 0 Å². The first-order chi connectivity index (χ1) is 11.0. The summed E-state index contributed by atoms with van der Waals surface area (Å²) in [5.74, 6) is -0.238. The average molecular weight is 325 g/mol. The zero-order valence-electron chi connectivity index (χ0n) is 13.0. The topological polar surface area (TPSA) is 108 Å². The Labute approximate surface area is 134 Å². The SMILES string of the molecule is CCOC1O[C@@H]([C@H](O)CCNC(=O)c2ccccc2)[C@H](O)[C@H]1O. The van der Waals surface area contributed by atoms with E-state index in [2.05, 4.69) is 5.32 Å². The van der Waals surface area contributed by atoms with Gasteiger partial charge in [0, 0.05) is 18.7 Å². The minimum atomic E-state index is -1.23. The highest BCUT2D eigenvalue weighted by Crippen LogP contribution is 2.25. The van der Waals surface area contributed by atoms with Crippen LogP contribution in [-0.4, -0.2) is 65.1 Å². The Kier molecular flexibility index (Phi) is 6.49. The van der Waals surface area contributed by atoms with Gasteiger partial charge in [-0.3, -0.25) is 4.79 Å². The molecule has 0 spiro atoms. The number of aliphatic hydroxyl groups is 3. The first-order valence-corrected chi connectivity index (χ1v) is 7.69. The van der Waals surface area contributed by atoms with Gasteiger partial charge in [0.15, 0.2) is 6.29 Å². The highest BCUT2D eigenvalue weighted by atomic mass is 16.7. The summed E-state index contributed by atoms with van der Waals surface area (Å²) in [6.07, 6.45) is -5.17. The van der Waals surface area contributed by atoms with Gasteiger partial charge in [-0.1, -0.05) is 18.2 Å². The summed E-state index contributed by atoms with van der Waals surface area (Å²) in [4.78, 5) is 11.9. The molecule has 0 bridgehead atoms. The van der Waals surface area contributed by atoms with E-state index in [1.165, 1.54) is 0 Å². The average Bonchev–Trinajstić information content (AvgIpc) is 2.84. The van der Waals surface area contributed by atoms with Crippen LogP contribution in [0.2, 0.25) is 0 Å². The van der Waals surface area contributed by atoms with Crippen LogP contribution in [0.1, 0.15) is 23.7 Å². The third-order valence-corrected chi connectivity index (χ3v) is 3.73. The molecule has 0 saturated carbocycles. The quantitative estimate of drug-likeness (QED) is 0.546. The van der Waals surface area contributed by atoms with Gasteiger partial charge in [-0.05, 0) is 25.5 Å². The van der Waals surface area contributed by atoms with Crippen molar-refractivity contribution in [2.75, 3.05) is 13.2 Å². The van der Waals surface area contributed by atoms with Crippen molar-refractivity contribution >= 4 is 5.91 Å². The van der Waals surface area contributed by atoms with Crippen LogP contribution < -0.4 is 5.32 Å². The van der Waals surface area contributed by atoms with E-state index in [-0.39, 0.29) is 18.9 Å². The third kappa shape index (κ3) is 4.49. The molecule has 1 aromatic rings. The summed E-state index contributed by atoms with van der Waals surface area (Å²) in [5.41, 5.74) is 0.533. The molecule has 1 fully saturated rings. The fraction of sp³-hybridized carbons (Fsp3) is 0.562. The Hall–Kier alpha value is -1.51. The Bertz CT molecular complexity index is 497. The summed E-state index contributed by atoms with van der Waals surface area (Å²) < 4.78 is 10.5. The molecule has 0 aromatic heterocycles. The van der Waals surface area contributed by atoms with Gasteiger partial charge in [-0.2, -0.15) is 0 Å². The van der Waals surface area contributed by atoms with E-state index in [1.54, 1.807) is 31.2 Å². The number of carbonyl (C=O) groups excluding carboxylic acids is 1. The summed E-state index contributed by atoms with van der Waals surface area (Å²) in [6.45, 7) is 2.28. The minimum absolute atomic E-state index is 0.186. The van der Waals surface area contributed by atoms with Crippen molar-refractivity contribution in [3.05, 3.63) is 35.9 Å². The van der Waals surface area contributed by atoms with Gasteiger partial charge in [0.1, 0.15) is 18.3 Å². The van der Waals surface area contributed by atoms with Crippen LogP contribution in [0.3, 0.4) is 0 Å². The number of aliphatic hydroxyl groups excluding tert-OH is 3. The number of benzene rings is 1. The van der Waals surface area contributed by atoms with E-state index < -0.39 is 30.7 Å².